The van der Waals surface area contributed by atoms with Crippen LogP contribution in [0.25, 0.3) is 17.4 Å². The van der Waals surface area contributed by atoms with E-state index in [1.165, 1.54) is 18.2 Å². The van der Waals surface area contributed by atoms with E-state index in [0.717, 1.165) is 0 Å². The maximum atomic E-state index is 13.7. The maximum absolute atomic E-state index is 13.7. The van der Waals surface area contributed by atoms with E-state index in [0.29, 0.717) is 27.8 Å². The third-order valence-corrected chi connectivity index (χ3v) is 3.55. The van der Waals surface area contributed by atoms with Gasteiger partial charge >= 0.3 is 0 Å². The van der Waals surface area contributed by atoms with Gasteiger partial charge in [-0.2, -0.15) is 0 Å². The predicted octanol–water partition coefficient (Wildman–Crippen LogP) is 4.90. The number of hydrazine groups is 1. The summed E-state index contributed by atoms with van der Waals surface area (Å²) < 4.78 is 19.3. The number of rotatable bonds is 5. The van der Waals surface area contributed by atoms with Crippen LogP contribution in [-0.4, -0.2) is 5.91 Å². The van der Waals surface area contributed by atoms with Gasteiger partial charge in [0.05, 0.1) is 11.3 Å². The van der Waals surface area contributed by atoms with Gasteiger partial charge in [0.25, 0.3) is 5.91 Å². The van der Waals surface area contributed by atoms with Gasteiger partial charge in [-0.15, -0.1) is 0 Å². The molecule has 0 aliphatic rings. The molecule has 0 saturated heterocycles. The lowest BCUT2D eigenvalue weighted by atomic mass is 10.1. The number of hydrogen-bond donors (Lipinski definition) is 2. The highest BCUT2D eigenvalue weighted by atomic mass is 35.5. The van der Waals surface area contributed by atoms with Crippen LogP contribution < -0.4 is 10.9 Å². The van der Waals surface area contributed by atoms with Crippen molar-refractivity contribution >= 4 is 29.3 Å². The normalized spacial score (nSPS) is 10.8. The van der Waals surface area contributed by atoms with Gasteiger partial charge in [-0.05, 0) is 48.5 Å². The average molecular weight is 357 g/mol. The molecule has 0 spiro atoms. The van der Waals surface area contributed by atoms with Crippen molar-refractivity contribution in [2.24, 2.45) is 0 Å². The molecule has 0 radical (unpaired) electrons. The Kier molecular flexibility index (Phi) is 5.16. The van der Waals surface area contributed by atoms with Crippen LogP contribution in [0.15, 0.2) is 71.2 Å². The molecule has 6 heteroatoms. The minimum Gasteiger partial charge on any atom is -0.457 e. The Labute approximate surface area is 148 Å². The molecule has 0 atom stereocenters. The summed E-state index contributed by atoms with van der Waals surface area (Å²) >= 11 is 5.86. The minimum absolute atomic E-state index is 0.365. The molecular formula is C19H14ClFN2O2. The van der Waals surface area contributed by atoms with Crippen LogP contribution in [0.5, 0.6) is 0 Å². The number of carbonyl (C=O) groups is 1. The van der Waals surface area contributed by atoms with Crippen molar-refractivity contribution in [3.05, 3.63) is 83.3 Å². The average Bonchev–Trinajstić information content (AvgIpc) is 3.07. The fraction of sp³-hybridized carbons (Fsp3) is 0. The lowest BCUT2D eigenvalue weighted by Gasteiger charge is -2.06. The van der Waals surface area contributed by atoms with E-state index in [2.05, 4.69) is 10.9 Å². The Morgan fingerprint density at radius 2 is 1.92 bits per heavy atom. The smallest absolute Gasteiger partial charge is 0.262 e. The summed E-state index contributed by atoms with van der Waals surface area (Å²) in [6.45, 7) is 0. The molecule has 1 amide bonds. The standard InChI is InChI=1S/C19H14ClFN2O2/c20-13-4-3-5-14(12-13)22-23-19(24)11-9-15-8-10-18(25-15)16-6-1-2-7-17(16)21/h1-12,22H,(H,23,24). The van der Waals surface area contributed by atoms with E-state index in [1.807, 2.05) is 0 Å². The first-order valence-corrected chi connectivity index (χ1v) is 7.84. The fourth-order valence-corrected chi connectivity index (χ4v) is 2.34. The van der Waals surface area contributed by atoms with Crippen LogP contribution in [-0.2, 0) is 4.79 Å². The van der Waals surface area contributed by atoms with Gasteiger partial charge in [0.15, 0.2) is 0 Å². The van der Waals surface area contributed by atoms with Gasteiger partial charge in [0, 0.05) is 11.1 Å². The Morgan fingerprint density at radius 1 is 1.08 bits per heavy atom. The monoisotopic (exact) mass is 356 g/mol. The summed E-state index contributed by atoms with van der Waals surface area (Å²) in [5.74, 6) is 0.103. The SMILES string of the molecule is O=C(C=Cc1ccc(-c2ccccc2F)o1)NNc1cccc(Cl)c1. The van der Waals surface area contributed by atoms with Crippen molar-refractivity contribution in [2.75, 3.05) is 5.43 Å². The maximum Gasteiger partial charge on any atom is 0.262 e. The second kappa shape index (κ2) is 7.68. The van der Waals surface area contributed by atoms with Crippen molar-refractivity contribution in [2.45, 2.75) is 0 Å². The number of amides is 1. The van der Waals surface area contributed by atoms with E-state index in [4.69, 9.17) is 16.0 Å². The Morgan fingerprint density at radius 3 is 2.72 bits per heavy atom. The lowest BCUT2D eigenvalue weighted by molar-refractivity contribution is -0.116. The van der Waals surface area contributed by atoms with Gasteiger partial charge in [0.1, 0.15) is 17.3 Å². The number of benzene rings is 2. The van der Waals surface area contributed by atoms with E-state index < -0.39 is 0 Å². The van der Waals surface area contributed by atoms with Crippen molar-refractivity contribution in [3.63, 3.8) is 0 Å². The molecule has 2 aromatic carbocycles. The molecule has 1 aromatic heterocycles. The summed E-state index contributed by atoms with van der Waals surface area (Å²) in [5, 5.41) is 0.561. The van der Waals surface area contributed by atoms with E-state index in [9.17, 15) is 9.18 Å². The second-order valence-electron chi connectivity index (χ2n) is 5.14. The van der Waals surface area contributed by atoms with Gasteiger partial charge in [-0.1, -0.05) is 29.8 Å². The van der Waals surface area contributed by atoms with Crippen molar-refractivity contribution in [3.8, 4) is 11.3 Å². The third-order valence-electron chi connectivity index (χ3n) is 3.32. The van der Waals surface area contributed by atoms with Gasteiger partial charge in [-0.3, -0.25) is 15.6 Å². The summed E-state index contributed by atoms with van der Waals surface area (Å²) in [5.41, 5.74) is 6.28. The molecule has 0 fully saturated rings. The predicted molar refractivity (Wildman–Crippen MR) is 96.4 cm³/mol. The number of hydrogen-bond acceptors (Lipinski definition) is 3. The number of furan rings is 1. The minimum atomic E-state index is -0.371. The quantitative estimate of drug-likeness (QED) is 0.505. The zero-order valence-corrected chi connectivity index (χ0v) is 13.8. The first kappa shape index (κ1) is 16.8. The molecule has 126 valence electrons. The molecule has 1 heterocycles. The highest BCUT2D eigenvalue weighted by Crippen LogP contribution is 2.25. The summed E-state index contributed by atoms with van der Waals surface area (Å²) in [6, 6.07) is 16.6. The highest BCUT2D eigenvalue weighted by molar-refractivity contribution is 6.30. The molecule has 0 bridgehead atoms. The summed E-state index contributed by atoms with van der Waals surface area (Å²) in [4.78, 5) is 11.8. The number of carbonyl (C=O) groups excluding carboxylic acids is 1. The number of halogens is 2. The molecule has 3 rings (SSSR count). The third kappa shape index (κ3) is 4.49. The molecule has 0 aliphatic carbocycles. The van der Waals surface area contributed by atoms with Crippen molar-refractivity contribution in [1.29, 1.82) is 0 Å². The zero-order valence-electron chi connectivity index (χ0n) is 13.0. The Hall–Kier alpha value is -3.05. The van der Waals surface area contributed by atoms with E-state index >= 15 is 0 Å². The summed E-state index contributed by atoms with van der Waals surface area (Å²) in [6.07, 6.45) is 2.81. The van der Waals surface area contributed by atoms with Gasteiger partial charge in [0.2, 0.25) is 0 Å². The van der Waals surface area contributed by atoms with Gasteiger partial charge < -0.3 is 4.42 Å². The molecule has 25 heavy (non-hydrogen) atoms. The van der Waals surface area contributed by atoms with E-state index in [-0.39, 0.29) is 11.7 Å². The first-order valence-electron chi connectivity index (χ1n) is 7.46. The van der Waals surface area contributed by atoms with Crippen LogP contribution in [0.2, 0.25) is 5.02 Å². The van der Waals surface area contributed by atoms with Crippen molar-refractivity contribution in [1.82, 2.24) is 5.43 Å². The molecule has 4 nitrogen and oxygen atoms in total. The van der Waals surface area contributed by atoms with Crippen LogP contribution in [0.3, 0.4) is 0 Å². The Bertz CT molecular complexity index is 921. The van der Waals surface area contributed by atoms with Crippen molar-refractivity contribution < 1.29 is 13.6 Å². The van der Waals surface area contributed by atoms with Gasteiger partial charge in [-0.25, -0.2) is 4.39 Å². The van der Waals surface area contributed by atoms with Crippen LogP contribution in [0, 0.1) is 5.82 Å². The molecule has 3 aromatic rings. The lowest BCUT2D eigenvalue weighted by Crippen LogP contribution is -2.27. The molecule has 2 N–H and O–H groups in total. The summed E-state index contributed by atoms with van der Waals surface area (Å²) in [7, 11) is 0. The molecule has 0 unspecified atom stereocenters. The van der Waals surface area contributed by atoms with Crippen LogP contribution in [0.4, 0.5) is 10.1 Å². The Balaban J connectivity index is 1.60. The fourth-order valence-electron chi connectivity index (χ4n) is 2.15. The number of anilines is 1. The van der Waals surface area contributed by atoms with Crippen LogP contribution >= 0.6 is 11.6 Å². The molecule has 0 aliphatic heterocycles. The zero-order chi connectivity index (χ0) is 17.6. The van der Waals surface area contributed by atoms with Crippen LogP contribution in [0.1, 0.15) is 5.76 Å². The highest BCUT2D eigenvalue weighted by Gasteiger charge is 2.08. The first-order chi connectivity index (χ1) is 12.1. The topological polar surface area (TPSA) is 54.3 Å². The second-order valence-corrected chi connectivity index (χ2v) is 5.58. The molecule has 0 saturated carbocycles. The molecular weight excluding hydrogens is 343 g/mol. The van der Waals surface area contributed by atoms with E-state index in [1.54, 1.807) is 54.6 Å². The largest absolute Gasteiger partial charge is 0.457 e. The number of nitrogens with one attached hydrogen (secondary N) is 2.